The van der Waals surface area contributed by atoms with Crippen molar-refractivity contribution < 1.29 is 4.74 Å². The fourth-order valence-corrected chi connectivity index (χ4v) is 3.09. The molecule has 6 nitrogen and oxygen atoms in total. The van der Waals surface area contributed by atoms with E-state index in [4.69, 9.17) is 10.5 Å². The molecule has 0 atom stereocenters. The Morgan fingerprint density at radius 3 is 2.56 bits per heavy atom. The summed E-state index contributed by atoms with van der Waals surface area (Å²) in [4.78, 5) is 6.73. The number of hydrogen-bond donors (Lipinski definition) is 1. The van der Waals surface area contributed by atoms with Crippen LogP contribution < -0.4 is 15.4 Å². The molecule has 0 unspecified atom stereocenters. The molecule has 4 aromatic rings. The molecule has 0 aliphatic rings. The number of methoxy groups -OCH3 is 1. The van der Waals surface area contributed by atoms with Crippen LogP contribution in [-0.4, -0.2) is 21.7 Å². The van der Waals surface area contributed by atoms with Crippen LogP contribution in [0.15, 0.2) is 73.1 Å². The second-order valence-electron chi connectivity index (χ2n) is 6.19. The fourth-order valence-electron chi connectivity index (χ4n) is 3.09. The lowest BCUT2D eigenvalue weighted by molar-refractivity contribution is 0.414. The minimum Gasteiger partial charge on any atom is -0.497 e. The van der Waals surface area contributed by atoms with E-state index in [-0.39, 0.29) is 0 Å². The van der Waals surface area contributed by atoms with Crippen LogP contribution >= 0.6 is 0 Å². The molecule has 0 fully saturated rings. The maximum Gasteiger partial charge on any atom is 0.177 e. The van der Waals surface area contributed by atoms with Gasteiger partial charge in [0.1, 0.15) is 5.75 Å². The van der Waals surface area contributed by atoms with E-state index in [1.807, 2.05) is 42.6 Å². The molecule has 27 heavy (non-hydrogen) atoms. The molecule has 0 aliphatic heterocycles. The number of hydrogen-bond acceptors (Lipinski definition) is 5. The van der Waals surface area contributed by atoms with Crippen molar-refractivity contribution in [3.05, 3.63) is 84.3 Å². The van der Waals surface area contributed by atoms with Gasteiger partial charge in [-0.15, -0.1) is 0 Å². The van der Waals surface area contributed by atoms with Gasteiger partial charge in [0.15, 0.2) is 5.65 Å². The van der Waals surface area contributed by atoms with Gasteiger partial charge in [-0.2, -0.15) is 5.10 Å². The first-order valence-electron chi connectivity index (χ1n) is 8.77. The molecule has 0 amide bonds. The van der Waals surface area contributed by atoms with Crippen molar-refractivity contribution >= 4 is 17.0 Å². The van der Waals surface area contributed by atoms with Gasteiger partial charge < -0.3 is 15.4 Å². The van der Waals surface area contributed by atoms with E-state index in [2.05, 4.69) is 39.2 Å². The third kappa shape index (κ3) is 3.47. The van der Waals surface area contributed by atoms with E-state index in [1.165, 1.54) is 0 Å². The zero-order valence-electron chi connectivity index (χ0n) is 15.1. The molecule has 2 N–H and O–H groups in total. The Bertz CT molecular complexity index is 1030. The van der Waals surface area contributed by atoms with Crippen LogP contribution in [0.5, 0.6) is 5.75 Å². The number of para-hydroxylation sites is 1. The van der Waals surface area contributed by atoms with Gasteiger partial charge in [-0.25, -0.2) is 9.50 Å². The molecule has 0 radical (unpaired) electrons. The highest BCUT2D eigenvalue weighted by Crippen LogP contribution is 2.31. The summed E-state index contributed by atoms with van der Waals surface area (Å²) in [6, 6.07) is 20.4. The van der Waals surface area contributed by atoms with Gasteiger partial charge in [-0.1, -0.05) is 30.3 Å². The van der Waals surface area contributed by atoms with Crippen LogP contribution in [0.2, 0.25) is 0 Å². The minimum absolute atomic E-state index is 0.367. The van der Waals surface area contributed by atoms with Gasteiger partial charge in [-0.05, 0) is 35.9 Å². The lowest BCUT2D eigenvalue weighted by Crippen LogP contribution is -2.19. The van der Waals surface area contributed by atoms with Crippen molar-refractivity contribution in [2.24, 2.45) is 5.73 Å². The summed E-state index contributed by atoms with van der Waals surface area (Å²) in [5, 5.41) is 4.51. The molecule has 0 saturated carbocycles. The van der Waals surface area contributed by atoms with Crippen molar-refractivity contribution in [2.45, 2.75) is 13.1 Å². The van der Waals surface area contributed by atoms with E-state index in [9.17, 15) is 0 Å². The quantitative estimate of drug-likeness (QED) is 0.570. The van der Waals surface area contributed by atoms with Crippen molar-refractivity contribution in [1.29, 1.82) is 0 Å². The van der Waals surface area contributed by atoms with E-state index >= 15 is 0 Å². The number of benzene rings is 2. The first kappa shape index (κ1) is 17.1. The number of fused-ring (bicyclic) bond motifs is 1. The van der Waals surface area contributed by atoms with E-state index in [0.717, 1.165) is 34.0 Å². The highest BCUT2D eigenvalue weighted by Gasteiger charge is 2.16. The zero-order valence-corrected chi connectivity index (χ0v) is 15.1. The summed E-state index contributed by atoms with van der Waals surface area (Å²) in [6.45, 7) is 1.05. The molecule has 2 heterocycles. The van der Waals surface area contributed by atoms with Crippen molar-refractivity contribution in [2.75, 3.05) is 12.0 Å². The largest absolute Gasteiger partial charge is 0.497 e. The standard InChI is InChI=1S/C21H21N5O/c1-27-19-9-7-16(8-10-19)15-25(18-5-3-2-4-6-18)20-13-17(14-22)24-26-12-11-23-21(20)26/h2-13H,14-15,22H2,1H3. The van der Waals surface area contributed by atoms with Gasteiger partial charge in [0, 0.05) is 31.2 Å². The summed E-state index contributed by atoms with van der Waals surface area (Å²) in [6.07, 6.45) is 3.59. The average molecular weight is 359 g/mol. The molecule has 0 bridgehead atoms. The number of imidazole rings is 1. The highest BCUT2D eigenvalue weighted by atomic mass is 16.5. The van der Waals surface area contributed by atoms with Gasteiger partial charge in [-0.3, -0.25) is 0 Å². The average Bonchev–Trinajstić information content (AvgIpc) is 3.21. The highest BCUT2D eigenvalue weighted by molar-refractivity contribution is 5.76. The van der Waals surface area contributed by atoms with Crippen molar-refractivity contribution in [1.82, 2.24) is 14.6 Å². The Morgan fingerprint density at radius 2 is 1.85 bits per heavy atom. The molecule has 0 spiro atoms. The van der Waals surface area contributed by atoms with E-state index in [1.54, 1.807) is 17.8 Å². The number of aromatic nitrogens is 3. The summed E-state index contributed by atoms with van der Waals surface area (Å²) >= 11 is 0. The number of rotatable bonds is 6. The lowest BCUT2D eigenvalue weighted by atomic mass is 10.1. The maximum absolute atomic E-state index is 5.87. The Morgan fingerprint density at radius 1 is 1.07 bits per heavy atom. The van der Waals surface area contributed by atoms with Crippen molar-refractivity contribution in [3.63, 3.8) is 0 Å². The van der Waals surface area contributed by atoms with Gasteiger partial charge in [0.2, 0.25) is 0 Å². The van der Waals surface area contributed by atoms with Crippen LogP contribution in [0.25, 0.3) is 5.65 Å². The van der Waals surface area contributed by atoms with Crippen molar-refractivity contribution in [3.8, 4) is 5.75 Å². The Balaban J connectivity index is 1.82. The normalized spacial score (nSPS) is 10.9. The molecule has 6 heteroatoms. The summed E-state index contributed by atoms with van der Waals surface area (Å²) in [5.74, 6) is 0.843. The SMILES string of the molecule is COc1ccc(CN(c2ccccc2)c2cc(CN)nn3ccnc23)cc1. The molecule has 136 valence electrons. The van der Waals surface area contributed by atoms with Crippen LogP contribution in [0, 0.1) is 0 Å². The zero-order chi connectivity index (χ0) is 18.6. The monoisotopic (exact) mass is 359 g/mol. The van der Waals surface area contributed by atoms with E-state index in [0.29, 0.717) is 13.1 Å². The molecular weight excluding hydrogens is 338 g/mol. The Labute approximate surface area is 157 Å². The molecule has 0 aliphatic carbocycles. The topological polar surface area (TPSA) is 68.7 Å². The number of ether oxygens (including phenoxy) is 1. The summed E-state index contributed by atoms with van der Waals surface area (Å²) in [5.41, 5.74) is 10.7. The predicted octanol–water partition coefficient (Wildman–Crippen LogP) is 3.53. The lowest BCUT2D eigenvalue weighted by Gasteiger charge is -2.26. The van der Waals surface area contributed by atoms with Gasteiger partial charge in [0.25, 0.3) is 0 Å². The van der Waals surface area contributed by atoms with Crippen LogP contribution in [0.4, 0.5) is 11.4 Å². The minimum atomic E-state index is 0.367. The first-order chi connectivity index (χ1) is 13.3. The third-order valence-corrected chi connectivity index (χ3v) is 4.46. The summed E-state index contributed by atoms with van der Waals surface area (Å²) < 4.78 is 7.05. The van der Waals surface area contributed by atoms with Crippen LogP contribution in [0.1, 0.15) is 11.3 Å². The molecular formula is C21H21N5O. The van der Waals surface area contributed by atoms with Crippen LogP contribution in [-0.2, 0) is 13.1 Å². The number of nitrogens with two attached hydrogens (primary N) is 1. The Kier molecular flexibility index (Phi) is 4.72. The molecule has 4 rings (SSSR count). The Hall–Kier alpha value is -3.38. The maximum atomic E-state index is 5.87. The fraction of sp³-hybridized carbons (Fsp3) is 0.143. The second-order valence-corrected chi connectivity index (χ2v) is 6.19. The molecule has 2 aromatic carbocycles. The predicted molar refractivity (Wildman–Crippen MR) is 106 cm³/mol. The second kappa shape index (κ2) is 7.47. The molecule has 0 saturated heterocycles. The van der Waals surface area contributed by atoms with Gasteiger partial charge in [0.05, 0.1) is 18.5 Å². The smallest absolute Gasteiger partial charge is 0.177 e. The van der Waals surface area contributed by atoms with Gasteiger partial charge >= 0.3 is 0 Å². The van der Waals surface area contributed by atoms with E-state index < -0.39 is 0 Å². The number of nitrogens with zero attached hydrogens (tertiary/aromatic N) is 4. The first-order valence-corrected chi connectivity index (χ1v) is 8.77. The summed E-state index contributed by atoms with van der Waals surface area (Å²) in [7, 11) is 1.67. The van der Waals surface area contributed by atoms with Crippen LogP contribution in [0.3, 0.4) is 0 Å². The third-order valence-electron chi connectivity index (χ3n) is 4.46. The number of anilines is 2. The molecule has 2 aromatic heterocycles.